The Morgan fingerprint density at radius 3 is 1.40 bits per heavy atom. The molecule has 386 valence electrons. The molecule has 8 nitrogen and oxygen atoms in total. The molecule has 0 aromatic carbocycles. The van der Waals surface area contributed by atoms with Crippen molar-refractivity contribution in [2.75, 3.05) is 14.2 Å². The highest BCUT2D eigenvalue weighted by Crippen LogP contribution is 2.39. The fourth-order valence-corrected chi connectivity index (χ4v) is 9.52. The molecule has 4 unspecified atom stereocenters. The molecule has 70 heavy (non-hydrogen) atoms. The van der Waals surface area contributed by atoms with Gasteiger partial charge >= 0.3 is 11.9 Å². The predicted octanol–water partition coefficient (Wildman–Crippen LogP) is 15.4. The first-order chi connectivity index (χ1) is 33.2. The van der Waals surface area contributed by atoms with Crippen LogP contribution in [0.15, 0.2) is 116 Å². The molecule has 4 atom stereocenters. The molecule has 0 bridgehead atoms. The number of rotatable bonds is 22. The lowest BCUT2D eigenvalue weighted by atomic mass is 9.76. The fraction of sp³-hybridized carbons (Fsp3) is 0.581. The van der Waals surface area contributed by atoms with Gasteiger partial charge < -0.3 is 9.47 Å². The summed E-state index contributed by atoms with van der Waals surface area (Å²) in [5.74, 6) is -0.787. The van der Waals surface area contributed by atoms with E-state index in [1.807, 2.05) is 0 Å². The Hall–Kier alpha value is -4.98. The summed E-state index contributed by atoms with van der Waals surface area (Å²) in [6.45, 7) is 22.4. The Kier molecular flexibility index (Phi) is 28.7. The first-order valence-electron chi connectivity index (χ1n) is 26.0. The summed E-state index contributed by atoms with van der Waals surface area (Å²) in [5, 5.41) is 0. The molecule has 4 aliphatic carbocycles. The minimum Gasteiger partial charge on any atom is -0.469 e. The van der Waals surface area contributed by atoms with Crippen LogP contribution in [0.25, 0.3) is 0 Å². The molecule has 0 aromatic rings. The van der Waals surface area contributed by atoms with Gasteiger partial charge in [-0.25, -0.2) is 4.79 Å². The zero-order valence-corrected chi connectivity index (χ0v) is 45.7. The first-order valence-corrected chi connectivity index (χ1v) is 26.0. The average molecular weight is 963 g/mol. The number of ketones is 4. The van der Waals surface area contributed by atoms with Crippen molar-refractivity contribution in [2.45, 2.75) is 198 Å². The lowest BCUT2D eigenvalue weighted by Crippen LogP contribution is -2.32. The molecule has 1 fully saturated rings. The standard InChI is InChI=1S/C21H32O3.C21H30O3.C20H28O2/c2*1-15(2)8-6-9-16(3)10-7-11-18-12-13-19(21(23)24-5)20(14-18)17(4)22;1-14(2)6-4-7-15(3)8-5-9-16-10-11-17-18(12-16)20(22)13-19(17)21/h8,10,12,19-20H,6-7,9,11,13-14H2,1-5H3;8,10,12H,6-7,9,11,13-14H2,1-5H3;6,8,10,17-18H,4-5,7,9,11-13H2,1-3H3/b2*16-10+;15-8+. The highest BCUT2D eigenvalue weighted by molar-refractivity contribution is 6.09. The summed E-state index contributed by atoms with van der Waals surface area (Å²) in [6, 6.07) is 0. The summed E-state index contributed by atoms with van der Waals surface area (Å²) < 4.78 is 9.62. The van der Waals surface area contributed by atoms with Crippen molar-refractivity contribution < 1.29 is 38.2 Å². The number of carbonyl (C=O) groups excluding carboxylic acids is 6. The molecular formula is C62H90O8. The largest absolute Gasteiger partial charge is 0.469 e. The molecule has 0 aliphatic heterocycles. The van der Waals surface area contributed by atoms with Gasteiger partial charge in [0.25, 0.3) is 0 Å². The van der Waals surface area contributed by atoms with Crippen LogP contribution in [-0.2, 0) is 38.2 Å². The maximum absolute atomic E-state index is 11.9. The van der Waals surface area contributed by atoms with E-state index in [1.165, 1.54) is 71.3 Å². The van der Waals surface area contributed by atoms with E-state index in [2.05, 4.69) is 117 Å². The summed E-state index contributed by atoms with van der Waals surface area (Å²) in [6.07, 6.45) is 36.9. The van der Waals surface area contributed by atoms with Gasteiger partial charge in [0.15, 0.2) is 5.78 Å². The third-order valence-corrected chi connectivity index (χ3v) is 13.8. The third-order valence-electron chi connectivity index (χ3n) is 13.8. The van der Waals surface area contributed by atoms with Crippen LogP contribution in [-0.4, -0.2) is 49.3 Å². The minimum atomic E-state index is -0.384. The zero-order valence-electron chi connectivity index (χ0n) is 45.7. The van der Waals surface area contributed by atoms with Gasteiger partial charge in [-0.3, -0.25) is 24.0 Å². The van der Waals surface area contributed by atoms with Crippen molar-refractivity contribution >= 4 is 35.1 Å². The topological polar surface area (TPSA) is 121 Å². The van der Waals surface area contributed by atoms with E-state index < -0.39 is 0 Å². The molecule has 4 rings (SSSR count). The number of hydrogen-bond acceptors (Lipinski definition) is 8. The van der Waals surface area contributed by atoms with Gasteiger partial charge in [-0.05, 0) is 192 Å². The van der Waals surface area contributed by atoms with E-state index in [1.54, 1.807) is 6.92 Å². The lowest BCUT2D eigenvalue weighted by molar-refractivity contribution is -0.150. The maximum atomic E-state index is 11.9. The number of hydrogen-bond donors (Lipinski definition) is 0. The molecule has 0 amide bonds. The fourth-order valence-electron chi connectivity index (χ4n) is 9.52. The highest BCUT2D eigenvalue weighted by Gasteiger charge is 2.42. The predicted molar refractivity (Wildman–Crippen MR) is 288 cm³/mol. The zero-order chi connectivity index (χ0) is 52.3. The quantitative estimate of drug-likeness (QED) is 0.0597. The third kappa shape index (κ3) is 23.3. The number of ether oxygens (including phenoxy) is 2. The van der Waals surface area contributed by atoms with Crippen LogP contribution in [0.1, 0.15) is 198 Å². The summed E-state index contributed by atoms with van der Waals surface area (Å²) >= 11 is 0. The van der Waals surface area contributed by atoms with Crippen LogP contribution in [0.4, 0.5) is 0 Å². The molecular weight excluding hydrogens is 873 g/mol. The molecule has 0 spiro atoms. The molecule has 4 aliphatic rings. The second-order valence-corrected chi connectivity index (χ2v) is 20.7. The van der Waals surface area contributed by atoms with Crippen molar-refractivity contribution in [3.63, 3.8) is 0 Å². The Morgan fingerprint density at radius 2 is 0.957 bits per heavy atom. The van der Waals surface area contributed by atoms with Gasteiger partial charge in [-0.1, -0.05) is 105 Å². The van der Waals surface area contributed by atoms with E-state index in [9.17, 15) is 28.8 Å². The van der Waals surface area contributed by atoms with Crippen molar-refractivity contribution in [2.24, 2.45) is 23.7 Å². The van der Waals surface area contributed by atoms with E-state index in [-0.39, 0.29) is 65.2 Å². The summed E-state index contributed by atoms with van der Waals surface area (Å²) in [4.78, 5) is 70.9. The first kappa shape index (κ1) is 61.1. The molecule has 0 radical (unpaired) electrons. The smallest absolute Gasteiger partial charge is 0.334 e. The van der Waals surface area contributed by atoms with Crippen LogP contribution in [0, 0.1) is 23.7 Å². The number of fused-ring (bicyclic) bond motifs is 1. The van der Waals surface area contributed by atoms with Gasteiger partial charge in [-0.15, -0.1) is 0 Å². The Labute approximate surface area is 423 Å². The Balaban J connectivity index is 0.000000360. The molecule has 8 heteroatoms. The molecule has 0 heterocycles. The van der Waals surface area contributed by atoms with E-state index in [0.29, 0.717) is 36.8 Å². The van der Waals surface area contributed by atoms with Crippen LogP contribution >= 0.6 is 0 Å². The summed E-state index contributed by atoms with van der Waals surface area (Å²) in [5.41, 5.74) is 13.4. The van der Waals surface area contributed by atoms with Gasteiger partial charge in [0.05, 0.1) is 26.6 Å². The van der Waals surface area contributed by atoms with Gasteiger partial charge in [0, 0.05) is 28.9 Å². The number of carbonyl (C=O) groups is 6. The Bertz CT molecular complexity index is 2100. The number of esters is 2. The minimum absolute atomic E-state index is 0.00222. The number of Topliss-reactive ketones (excluding diaryl/α,β-unsaturated/α-hetero) is 4. The molecule has 0 saturated heterocycles. The molecule has 1 saturated carbocycles. The van der Waals surface area contributed by atoms with Crippen LogP contribution in [0.2, 0.25) is 0 Å². The second-order valence-electron chi connectivity index (χ2n) is 20.7. The van der Waals surface area contributed by atoms with E-state index in [4.69, 9.17) is 9.47 Å². The Morgan fingerprint density at radius 1 is 0.500 bits per heavy atom. The lowest BCUT2D eigenvalue weighted by Gasteiger charge is -2.27. The SMILES string of the molecule is CC(C)=CCC/C(C)=C/CCC1=CCC2C(=O)CC(=O)C2C1.COC(=O)C1=C(C(C)=O)CC(CC/C=C(\C)CCC=C(C)C)=CC1.COC(=O)C1CC=C(CC/C=C(\C)CCC=C(C)C)CC1C(C)=O. The number of methoxy groups -OCH3 is 2. The molecule has 0 aromatic heterocycles. The second kappa shape index (κ2) is 32.8. The van der Waals surface area contributed by atoms with Crippen LogP contribution < -0.4 is 0 Å². The van der Waals surface area contributed by atoms with Crippen LogP contribution in [0.5, 0.6) is 0 Å². The normalized spacial score (nSPS) is 20.2. The van der Waals surface area contributed by atoms with E-state index in [0.717, 1.165) is 89.9 Å². The molecule has 0 N–H and O–H groups in total. The van der Waals surface area contributed by atoms with Crippen molar-refractivity contribution in [1.82, 2.24) is 0 Å². The van der Waals surface area contributed by atoms with Gasteiger partial charge in [0.1, 0.15) is 17.3 Å². The van der Waals surface area contributed by atoms with Gasteiger partial charge in [0.2, 0.25) is 0 Å². The van der Waals surface area contributed by atoms with Crippen molar-refractivity contribution in [3.05, 3.63) is 116 Å². The van der Waals surface area contributed by atoms with E-state index >= 15 is 0 Å². The maximum Gasteiger partial charge on any atom is 0.334 e. The number of allylic oxidation sites excluding steroid dienone is 19. The monoisotopic (exact) mass is 963 g/mol. The highest BCUT2D eigenvalue weighted by atomic mass is 16.5. The van der Waals surface area contributed by atoms with Gasteiger partial charge in [-0.2, -0.15) is 0 Å². The van der Waals surface area contributed by atoms with Crippen LogP contribution in [0.3, 0.4) is 0 Å². The average Bonchev–Trinajstić information content (AvgIpc) is 3.59. The van der Waals surface area contributed by atoms with Crippen molar-refractivity contribution in [1.29, 1.82) is 0 Å². The summed E-state index contributed by atoms with van der Waals surface area (Å²) in [7, 11) is 2.75. The van der Waals surface area contributed by atoms with Crippen molar-refractivity contribution in [3.8, 4) is 0 Å².